The lowest BCUT2D eigenvalue weighted by molar-refractivity contribution is -0.105. The van der Waals surface area contributed by atoms with Crippen LogP contribution in [0.1, 0.15) is 0 Å². The van der Waals surface area contributed by atoms with Crippen molar-refractivity contribution in [2.24, 2.45) is 16.7 Å². The lowest BCUT2D eigenvalue weighted by Gasteiger charge is -2.03. The van der Waals surface area contributed by atoms with E-state index in [4.69, 9.17) is 5.73 Å². The fourth-order valence-electron chi connectivity index (χ4n) is 0.193. The van der Waals surface area contributed by atoms with Crippen molar-refractivity contribution in [1.29, 1.82) is 0 Å². The van der Waals surface area contributed by atoms with Crippen molar-refractivity contribution in [2.45, 2.75) is 6.18 Å². The Morgan fingerprint density at radius 3 is 2.30 bits per heavy atom. The van der Waals surface area contributed by atoms with Crippen LogP contribution in [-0.4, -0.2) is 17.1 Å². The highest BCUT2D eigenvalue weighted by Gasteiger charge is 2.27. The predicted molar refractivity (Wildman–Crippen MR) is 34.3 cm³/mol. The molecule has 0 saturated heterocycles. The van der Waals surface area contributed by atoms with Crippen LogP contribution in [0.5, 0.6) is 0 Å². The fraction of sp³-hybridized carbons (Fsp3) is 0.667. The van der Waals surface area contributed by atoms with Crippen LogP contribution in [0.25, 0.3) is 0 Å². The monoisotopic (exact) mass is 173 g/mol. The molecule has 0 aliphatic heterocycles. The summed E-state index contributed by atoms with van der Waals surface area (Å²) in [4.78, 5) is 0. The largest absolute Gasteiger partial charge is 0.398 e. The zero-order chi connectivity index (χ0) is 8.20. The maximum atomic E-state index is 11.4. The van der Waals surface area contributed by atoms with Crippen molar-refractivity contribution >= 4 is 16.9 Å². The molecule has 0 aliphatic rings. The number of hydrazone groups is 1. The van der Waals surface area contributed by atoms with Gasteiger partial charge in [-0.15, -0.1) is 0 Å². The summed E-state index contributed by atoms with van der Waals surface area (Å²) in [5.41, 5.74) is 4.87. The quantitative estimate of drug-likeness (QED) is 0.262. The molecule has 0 saturated carbocycles. The van der Waals surface area contributed by atoms with Crippen LogP contribution < -0.4 is 11.6 Å². The first-order chi connectivity index (χ1) is 4.45. The lowest BCUT2D eigenvalue weighted by atomic mass is 10.8. The molecule has 0 aromatic heterocycles. The second kappa shape index (κ2) is 3.55. The van der Waals surface area contributed by atoms with Gasteiger partial charge >= 0.3 is 6.18 Å². The SMILES string of the molecule is NN=C(N)SCC(F)(F)F. The number of alkyl halides is 3. The predicted octanol–water partition coefficient (Wildman–Crippen LogP) is 0.470. The number of nitrogens with two attached hydrogens (primary N) is 2. The van der Waals surface area contributed by atoms with E-state index in [1.807, 2.05) is 0 Å². The average Bonchev–Trinajstić information content (AvgIpc) is 1.81. The highest BCUT2D eigenvalue weighted by Crippen LogP contribution is 2.20. The summed E-state index contributed by atoms with van der Waals surface area (Å²) in [6.45, 7) is 0. The standard InChI is InChI=1S/C3H6F3N3S/c4-3(5,6)1-10-2(7)9-8/h1,8H2,(H2,7,9). The number of nitrogens with zero attached hydrogens (tertiary/aromatic N) is 1. The molecule has 7 heteroatoms. The van der Waals surface area contributed by atoms with Gasteiger partial charge in [-0.1, -0.05) is 11.8 Å². The Balaban J connectivity index is 3.56. The van der Waals surface area contributed by atoms with Crippen LogP contribution in [0.15, 0.2) is 5.10 Å². The number of amidine groups is 1. The summed E-state index contributed by atoms with van der Waals surface area (Å²) in [5, 5.41) is 2.58. The summed E-state index contributed by atoms with van der Waals surface area (Å²) in [6.07, 6.45) is -4.22. The zero-order valence-electron chi connectivity index (χ0n) is 4.85. The summed E-state index contributed by atoms with van der Waals surface area (Å²) in [6, 6.07) is 0. The summed E-state index contributed by atoms with van der Waals surface area (Å²) >= 11 is 0.361. The first-order valence-corrected chi connectivity index (χ1v) is 3.17. The number of hydrogen-bond donors (Lipinski definition) is 2. The highest BCUT2D eigenvalue weighted by atomic mass is 32.2. The highest BCUT2D eigenvalue weighted by molar-refractivity contribution is 8.13. The van der Waals surface area contributed by atoms with Crippen molar-refractivity contribution in [3.05, 3.63) is 0 Å². The number of hydrogen-bond acceptors (Lipinski definition) is 3. The van der Waals surface area contributed by atoms with E-state index in [1.165, 1.54) is 0 Å². The number of thioether (sulfide) groups is 1. The maximum absolute atomic E-state index is 11.4. The van der Waals surface area contributed by atoms with Gasteiger partial charge in [0.2, 0.25) is 0 Å². The molecule has 4 N–H and O–H groups in total. The van der Waals surface area contributed by atoms with Gasteiger partial charge in [0, 0.05) is 0 Å². The average molecular weight is 173 g/mol. The molecule has 0 aromatic carbocycles. The Labute approximate surface area is 59.6 Å². The molecule has 0 amide bonds. The molecule has 0 bridgehead atoms. The summed E-state index contributed by atoms with van der Waals surface area (Å²) in [7, 11) is 0. The van der Waals surface area contributed by atoms with Gasteiger partial charge < -0.3 is 11.6 Å². The minimum absolute atomic E-state index is 0.266. The van der Waals surface area contributed by atoms with E-state index in [2.05, 4.69) is 10.9 Å². The normalized spacial score (nSPS) is 13.7. The molecule has 0 atom stereocenters. The molecule has 60 valence electrons. The van der Waals surface area contributed by atoms with Crippen LogP contribution >= 0.6 is 11.8 Å². The maximum Gasteiger partial charge on any atom is 0.398 e. The van der Waals surface area contributed by atoms with E-state index in [0.717, 1.165) is 0 Å². The first-order valence-electron chi connectivity index (χ1n) is 2.18. The van der Waals surface area contributed by atoms with E-state index >= 15 is 0 Å². The molecule has 0 aromatic rings. The second-order valence-electron chi connectivity index (χ2n) is 1.37. The Morgan fingerprint density at radius 1 is 1.50 bits per heavy atom. The van der Waals surface area contributed by atoms with E-state index in [1.54, 1.807) is 0 Å². The Kier molecular flexibility index (Phi) is 3.34. The van der Waals surface area contributed by atoms with Gasteiger partial charge in [0.25, 0.3) is 0 Å². The Hall–Kier alpha value is -0.590. The van der Waals surface area contributed by atoms with Gasteiger partial charge in [0.15, 0.2) is 5.17 Å². The van der Waals surface area contributed by atoms with Gasteiger partial charge in [-0.3, -0.25) is 0 Å². The van der Waals surface area contributed by atoms with Crippen LogP contribution in [0.4, 0.5) is 13.2 Å². The second-order valence-corrected chi connectivity index (χ2v) is 2.37. The van der Waals surface area contributed by atoms with Gasteiger partial charge in [-0.25, -0.2) is 0 Å². The molecule has 10 heavy (non-hydrogen) atoms. The number of rotatable bonds is 1. The van der Waals surface area contributed by atoms with Crippen molar-refractivity contribution in [3.63, 3.8) is 0 Å². The smallest absolute Gasteiger partial charge is 0.377 e. The zero-order valence-corrected chi connectivity index (χ0v) is 5.67. The summed E-state index contributed by atoms with van der Waals surface area (Å²) < 4.78 is 34.1. The summed E-state index contributed by atoms with van der Waals surface area (Å²) in [5.74, 6) is 3.52. The molecule has 3 nitrogen and oxygen atoms in total. The third-order valence-electron chi connectivity index (χ3n) is 0.511. The lowest BCUT2D eigenvalue weighted by Crippen LogP contribution is -2.17. The molecule has 0 rings (SSSR count). The van der Waals surface area contributed by atoms with Crippen LogP contribution in [0.3, 0.4) is 0 Å². The topological polar surface area (TPSA) is 64.4 Å². The minimum Gasteiger partial charge on any atom is -0.377 e. The molecule has 0 unspecified atom stereocenters. The molecule has 0 radical (unpaired) electrons. The third-order valence-corrected chi connectivity index (χ3v) is 1.38. The van der Waals surface area contributed by atoms with E-state index in [9.17, 15) is 13.2 Å². The van der Waals surface area contributed by atoms with Crippen molar-refractivity contribution in [3.8, 4) is 0 Å². The van der Waals surface area contributed by atoms with Gasteiger partial charge in [0.05, 0.1) is 5.75 Å². The first kappa shape index (κ1) is 9.41. The van der Waals surface area contributed by atoms with Gasteiger partial charge in [-0.05, 0) is 0 Å². The molecule has 0 heterocycles. The molecular formula is C3H6F3N3S. The van der Waals surface area contributed by atoms with Crippen molar-refractivity contribution in [2.75, 3.05) is 5.75 Å². The number of halogens is 3. The third kappa shape index (κ3) is 5.54. The van der Waals surface area contributed by atoms with E-state index < -0.39 is 11.9 Å². The fourth-order valence-corrected chi connectivity index (χ4v) is 0.579. The molecule has 0 fully saturated rings. The molecule has 0 spiro atoms. The van der Waals surface area contributed by atoms with E-state index in [-0.39, 0.29) is 5.17 Å². The Morgan fingerprint density at radius 2 is 2.00 bits per heavy atom. The molecule has 0 aliphatic carbocycles. The van der Waals surface area contributed by atoms with E-state index in [0.29, 0.717) is 11.8 Å². The molecular weight excluding hydrogens is 167 g/mol. The van der Waals surface area contributed by atoms with Gasteiger partial charge in [0.1, 0.15) is 0 Å². The van der Waals surface area contributed by atoms with Crippen molar-refractivity contribution < 1.29 is 13.2 Å². The van der Waals surface area contributed by atoms with Crippen molar-refractivity contribution in [1.82, 2.24) is 0 Å². The van der Waals surface area contributed by atoms with Crippen LogP contribution in [-0.2, 0) is 0 Å². The Bertz CT molecular complexity index is 131. The minimum atomic E-state index is -4.22. The van der Waals surface area contributed by atoms with Crippen LogP contribution in [0.2, 0.25) is 0 Å². The van der Waals surface area contributed by atoms with Crippen LogP contribution in [0, 0.1) is 0 Å². The van der Waals surface area contributed by atoms with Gasteiger partial charge in [-0.2, -0.15) is 18.3 Å².